The molecule has 2 rings (SSSR count). The Hall–Kier alpha value is -0.840. The fraction of sp³-hybridized carbons (Fsp3) is 0.600. The zero-order valence-corrected chi connectivity index (χ0v) is 14.3. The third-order valence-corrected chi connectivity index (χ3v) is 3.88. The number of fused-ring (bicyclic) bond motifs is 1. The van der Waals surface area contributed by atoms with Crippen LogP contribution in [-0.2, 0) is 4.74 Å². The van der Waals surface area contributed by atoms with E-state index in [9.17, 15) is 0 Å². The number of hydrogen-bond donors (Lipinski definition) is 0. The van der Waals surface area contributed by atoms with Gasteiger partial charge in [-0.2, -0.15) is 0 Å². The first kappa shape index (κ1) is 16.5. The number of imidazole rings is 1. The number of pyridine rings is 1. The lowest BCUT2D eigenvalue weighted by Gasteiger charge is -2.25. The van der Waals surface area contributed by atoms with Gasteiger partial charge in [-0.1, -0.05) is 25.4 Å². The van der Waals surface area contributed by atoms with Gasteiger partial charge in [-0.15, -0.1) is 11.6 Å². The summed E-state index contributed by atoms with van der Waals surface area (Å²) in [7, 11) is 0. The smallest absolute Gasteiger partial charge is 0.160 e. The van der Waals surface area contributed by atoms with Gasteiger partial charge in [-0.05, 0) is 25.8 Å². The molecule has 0 amide bonds. The first-order chi connectivity index (χ1) is 9.95. The van der Waals surface area contributed by atoms with Crippen LogP contribution in [0.25, 0.3) is 11.2 Å². The molecule has 0 N–H and O–H groups in total. The normalized spacial score (nSPS) is 14.8. The molecule has 0 aliphatic rings. The van der Waals surface area contributed by atoms with Crippen molar-refractivity contribution < 1.29 is 4.74 Å². The van der Waals surface area contributed by atoms with Crippen LogP contribution in [0.15, 0.2) is 12.3 Å². The van der Waals surface area contributed by atoms with E-state index in [0.29, 0.717) is 24.2 Å². The summed E-state index contributed by atoms with van der Waals surface area (Å²) < 4.78 is 7.74. The Morgan fingerprint density at radius 3 is 2.62 bits per heavy atom. The molecule has 0 spiro atoms. The molecule has 0 bridgehead atoms. The zero-order valence-electron chi connectivity index (χ0n) is 12.8. The number of rotatable bonds is 6. The van der Waals surface area contributed by atoms with Crippen molar-refractivity contribution in [2.24, 2.45) is 5.92 Å². The van der Waals surface area contributed by atoms with E-state index in [1.54, 1.807) is 6.20 Å². The van der Waals surface area contributed by atoms with Crippen molar-refractivity contribution in [1.82, 2.24) is 14.5 Å². The van der Waals surface area contributed by atoms with Gasteiger partial charge in [0.1, 0.15) is 11.3 Å². The maximum Gasteiger partial charge on any atom is 0.160 e. The summed E-state index contributed by atoms with van der Waals surface area (Å²) in [5, 5.41) is 0.368. The van der Waals surface area contributed by atoms with Gasteiger partial charge < -0.3 is 9.30 Å². The Kier molecular flexibility index (Phi) is 5.47. The largest absolute Gasteiger partial charge is 0.380 e. The first-order valence-corrected chi connectivity index (χ1v) is 8.02. The number of ether oxygens (including phenoxy) is 1. The van der Waals surface area contributed by atoms with Crippen LogP contribution in [0.4, 0.5) is 0 Å². The fourth-order valence-corrected chi connectivity index (χ4v) is 2.69. The summed E-state index contributed by atoms with van der Waals surface area (Å²) in [5.74, 6) is 1.18. The van der Waals surface area contributed by atoms with E-state index in [2.05, 4.69) is 28.4 Å². The predicted molar refractivity (Wildman–Crippen MR) is 87.2 cm³/mol. The number of halogens is 2. The van der Waals surface area contributed by atoms with Gasteiger partial charge in [-0.3, -0.25) is 0 Å². The highest BCUT2D eigenvalue weighted by Gasteiger charge is 2.25. The lowest BCUT2D eigenvalue weighted by Crippen LogP contribution is -2.23. The third-order valence-electron chi connectivity index (χ3n) is 3.47. The second kappa shape index (κ2) is 6.95. The molecule has 0 aromatic carbocycles. The van der Waals surface area contributed by atoms with E-state index in [4.69, 9.17) is 27.9 Å². The molecule has 2 aromatic heterocycles. The number of aromatic nitrogens is 3. The van der Waals surface area contributed by atoms with E-state index in [-0.39, 0.29) is 11.4 Å². The maximum atomic E-state index is 6.32. The van der Waals surface area contributed by atoms with Gasteiger partial charge in [-0.25, -0.2) is 9.97 Å². The molecule has 0 saturated heterocycles. The molecule has 2 atom stereocenters. The highest BCUT2D eigenvalue weighted by molar-refractivity contribution is 6.31. The quantitative estimate of drug-likeness (QED) is 0.726. The maximum absolute atomic E-state index is 6.32. The van der Waals surface area contributed by atoms with Crippen LogP contribution >= 0.6 is 23.2 Å². The fourth-order valence-electron chi connectivity index (χ4n) is 2.39. The van der Waals surface area contributed by atoms with Crippen LogP contribution in [-0.4, -0.2) is 27.7 Å². The SMILES string of the molecule is CCOCC(C(C)C)n1c(C(C)Cl)nc2cc(Cl)cnc21. The van der Waals surface area contributed by atoms with Crippen molar-refractivity contribution in [3.63, 3.8) is 0 Å². The molecule has 0 radical (unpaired) electrons. The van der Waals surface area contributed by atoms with Gasteiger partial charge in [0.2, 0.25) is 0 Å². The molecule has 0 saturated carbocycles. The summed E-state index contributed by atoms with van der Waals surface area (Å²) >= 11 is 12.3. The monoisotopic (exact) mass is 329 g/mol. The van der Waals surface area contributed by atoms with Gasteiger partial charge in [0.25, 0.3) is 0 Å². The Bertz CT molecular complexity index is 610. The van der Waals surface area contributed by atoms with Crippen LogP contribution < -0.4 is 0 Å². The van der Waals surface area contributed by atoms with Crippen LogP contribution in [0.2, 0.25) is 5.02 Å². The third kappa shape index (κ3) is 3.50. The van der Waals surface area contributed by atoms with E-state index in [0.717, 1.165) is 17.0 Å². The van der Waals surface area contributed by atoms with Gasteiger partial charge >= 0.3 is 0 Å². The molecule has 2 aromatic rings. The molecule has 2 unspecified atom stereocenters. The average Bonchev–Trinajstić information content (AvgIpc) is 2.77. The molecule has 116 valence electrons. The Morgan fingerprint density at radius 2 is 2.05 bits per heavy atom. The van der Waals surface area contributed by atoms with Crippen molar-refractivity contribution in [3.8, 4) is 0 Å². The van der Waals surface area contributed by atoms with Gasteiger partial charge in [0.05, 0.1) is 23.0 Å². The lowest BCUT2D eigenvalue weighted by molar-refractivity contribution is 0.0966. The van der Waals surface area contributed by atoms with Crippen LogP contribution in [0.3, 0.4) is 0 Å². The highest BCUT2D eigenvalue weighted by atomic mass is 35.5. The van der Waals surface area contributed by atoms with Crippen LogP contribution in [0, 0.1) is 5.92 Å². The van der Waals surface area contributed by atoms with Crippen molar-refractivity contribution in [3.05, 3.63) is 23.1 Å². The topological polar surface area (TPSA) is 39.9 Å². The van der Waals surface area contributed by atoms with Gasteiger partial charge in [0, 0.05) is 12.8 Å². The van der Waals surface area contributed by atoms with E-state index >= 15 is 0 Å². The second-order valence-corrected chi connectivity index (χ2v) is 6.51. The van der Waals surface area contributed by atoms with Crippen molar-refractivity contribution >= 4 is 34.4 Å². The summed E-state index contributed by atoms with van der Waals surface area (Å²) in [6.07, 6.45) is 1.64. The molecule has 4 nitrogen and oxygen atoms in total. The van der Waals surface area contributed by atoms with Crippen LogP contribution in [0.1, 0.15) is 44.9 Å². The minimum absolute atomic E-state index is 0.139. The van der Waals surface area contributed by atoms with Crippen LogP contribution in [0.5, 0.6) is 0 Å². The minimum atomic E-state index is -0.208. The molecular formula is C15H21Cl2N3O. The van der Waals surface area contributed by atoms with E-state index in [1.807, 2.05) is 19.9 Å². The first-order valence-electron chi connectivity index (χ1n) is 7.20. The second-order valence-electron chi connectivity index (χ2n) is 5.42. The molecule has 6 heteroatoms. The predicted octanol–water partition coefficient (Wildman–Crippen LogP) is 4.62. The Morgan fingerprint density at radius 1 is 1.33 bits per heavy atom. The van der Waals surface area contributed by atoms with Crippen molar-refractivity contribution in [2.75, 3.05) is 13.2 Å². The summed E-state index contributed by atoms with van der Waals surface area (Å²) in [6.45, 7) is 9.52. The standard InChI is InChI=1S/C15H21Cl2N3O/c1-5-21-8-13(9(2)3)20-14(10(4)16)19-12-6-11(17)7-18-15(12)20/h6-7,9-10,13H,5,8H2,1-4H3. The summed E-state index contributed by atoms with van der Waals surface area (Å²) in [4.78, 5) is 9.06. The average molecular weight is 330 g/mol. The molecule has 0 fully saturated rings. The number of nitrogens with zero attached hydrogens (tertiary/aromatic N) is 3. The van der Waals surface area contributed by atoms with Crippen molar-refractivity contribution in [2.45, 2.75) is 39.1 Å². The molecule has 2 heterocycles. The Balaban J connectivity index is 2.59. The Labute approximate surface area is 135 Å². The van der Waals surface area contributed by atoms with Crippen molar-refractivity contribution in [1.29, 1.82) is 0 Å². The minimum Gasteiger partial charge on any atom is -0.380 e. The molecule has 0 aliphatic carbocycles. The highest BCUT2D eigenvalue weighted by Crippen LogP contribution is 2.31. The molecule has 21 heavy (non-hydrogen) atoms. The summed E-state index contributed by atoms with van der Waals surface area (Å²) in [5.41, 5.74) is 1.58. The molecular weight excluding hydrogens is 309 g/mol. The van der Waals surface area contributed by atoms with Gasteiger partial charge in [0.15, 0.2) is 5.65 Å². The lowest BCUT2D eigenvalue weighted by atomic mass is 10.0. The number of hydrogen-bond acceptors (Lipinski definition) is 3. The zero-order chi connectivity index (χ0) is 15.6. The molecule has 0 aliphatic heterocycles. The van der Waals surface area contributed by atoms with E-state index in [1.165, 1.54) is 0 Å². The van der Waals surface area contributed by atoms with E-state index < -0.39 is 0 Å². The number of alkyl halides is 1. The summed E-state index contributed by atoms with van der Waals surface area (Å²) in [6, 6.07) is 1.96.